The molecule has 1 aromatic carbocycles. The van der Waals surface area contributed by atoms with Gasteiger partial charge in [-0.1, -0.05) is 42.0 Å². The molecule has 0 aliphatic carbocycles. The lowest BCUT2D eigenvalue weighted by atomic mass is 9.97. The fourth-order valence-electron chi connectivity index (χ4n) is 3.70. The first-order chi connectivity index (χ1) is 16.8. The smallest absolute Gasteiger partial charge is 0.266 e. The van der Waals surface area contributed by atoms with E-state index >= 15 is 0 Å². The van der Waals surface area contributed by atoms with Crippen LogP contribution in [0.5, 0.6) is 0 Å². The summed E-state index contributed by atoms with van der Waals surface area (Å²) in [5.41, 5.74) is 3.09. The van der Waals surface area contributed by atoms with E-state index in [2.05, 4.69) is 45.2 Å². The van der Waals surface area contributed by atoms with Crippen LogP contribution >= 0.6 is 22.9 Å². The molecule has 0 spiro atoms. The van der Waals surface area contributed by atoms with Gasteiger partial charge in [0.1, 0.15) is 10.7 Å². The number of aromatic nitrogens is 1. The van der Waals surface area contributed by atoms with Crippen LogP contribution in [-0.2, 0) is 10.0 Å². The first-order valence-corrected chi connectivity index (χ1v) is 14.1. The minimum Gasteiger partial charge on any atom is -0.384 e. The number of anilines is 2. The fourth-order valence-corrected chi connectivity index (χ4v) is 5.87. The van der Waals surface area contributed by atoms with Crippen molar-refractivity contribution in [2.45, 2.75) is 37.1 Å². The first kappa shape index (κ1) is 27.3. The van der Waals surface area contributed by atoms with Gasteiger partial charge >= 0.3 is 0 Å². The van der Waals surface area contributed by atoms with Crippen molar-refractivity contribution in [2.24, 2.45) is 0 Å². The van der Waals surface area contributed by atoms with Crippen molar-refractivity contribution < 1.29 is 12.8 Å². The van der Waals surface area contributed by atoms with Gasteiger partial charge in [-0.25, -0.2) is 17.8 Å². The minimum atomic E-state index is -4.12. The summed E-state index contributed by atoms with van der Waals surface area (Å²) >= 11 is 7.32. The van der Waals surface area contributed by atoms with Gasteiger partial charge in [0.15, 0.2) is 5.13 Å². The molecule has 3 rings (SSSR count). The maximum absolute atomic E-state index is 14.6. The molecule has 1 aromatic heterocycles. The Labute approximate surface area is 215 Å². The topological polar surface area (TPSA) is 95.1 Å². The van der Waals surface area contributed by atoms with E-state index in [1.165, 1.54) is 17.3 Å². The summed E-state index contributed by atoms with van der Waals surface area (Å²) in [5.74, 6) is -0.880. The highest BCUT2D eigenvalue weighted by Crippen LogP contribution is 2.29. The molecule has 11 heteroatoms. The van der Waals surface area contributed by atoms with Crippen molar-refractivity contribution in [1.29, 1.82) is 0 Å². The molecule has 2 aromatic rings. The van der Waals surface area contributed by atoms with Gasteiger partial charge in [0.05, 0.1) is 10.7 Å². The number of benzene rings is 1. The third-order valence-corrected chi connectivity index (χ3v) is 8.05. The minimum absolute atomic E-state index is 0.137. The largest absolute Gasteiger partial charge is 0.384 e. The average molecular weight is 540 g/mol. The zero-order chi connectivity index (χ0) is 25.3. The van der Waals surface area contributed by atoms with E-state index in [0.717, 1.165) is 62.4 Å². The molecular weight excluding hydrogens is 509 g/mol. The normalized spacial score (nSPS) is 16.6. The van der Waals surface area contributed by atoms with Crippen LogP contribution in [0.3, 0.4) is 0 Å². The molecule has 2 heterocycles. The van der Waals surface area contributed by atoms with Crippen LogP contribution in [0.15, 0.2) is 64.6 Å². The number of rotatable bonds is 13. The molecule has 7 nitrogen and oxygen atoms in total. The lowest BCUT2D eigenvalue weighted by Crippen LogP contribution is -2.42. The molecule has 0 fully saturated rings. The number of allylic oxidation sites excluding steroid dienone is 2. The highest BCUT2D eigenvalue weighted by molar-refractivity contribution is 7.93. The quantitative estimate of drug-likeness (QED) is 0.213. The molecule has 1 atom stereocenters. The van der Waals surface area contributed by atoms with Crippen LogP contribution in [0.4, 0.5) is 15.2 Å². The van der Waals surface area contributed by atoms with E-state index < -0.39 is 20.7 Å². The standard InChI is InChI=1S/C24H31ClFN5O2S2/c1-3-4-7-18-15-30-19(12-17(18)2)16-27-8-5-6-9-28-22-14-21(26)23(13-20(22)25)35(32,33)31-24-29-10-11-34-24/h3-4,7,10-11,13-14,19,27-28,30H,1,5-6,8-9,12,15-16H2,2H3,(H,29,31)/b7-4-. The summed E-state index contributed by atoms with van der Waals surface area (Å²) < 4.78 is 41.7. The van der Waals surface area contributed by atoms with Crippen LogP contribution in [0.2, 0.25) is 5.02 Å². The zero-order valence-corrected chi connectivity index (χ0v) is 22.0. The van der Waals surface area contributed by atoms with Crippen molar-refractivity contribution in [1.82, 2.24) is 15.6 Å². The Morgan fingerprint density at radius 2 is 2.14 bits per heavy atom. The highest BCUT2D eigenvalue weighted by Gasteiger charge is 2.22. The number of unbranched alkanes of at least 4 members (excludes halogenated alkanes) is 1. The van der Waals surface area contributed by atoms with E-state index in [1.807, 2.05) is 6.08 Å². The monoisotopic (exact) mass is 539 g/mol. The van der Waals surface area contributed by atoms with Crippen LogP contribution in [0, 0.1) is 5.82 Å². The molecule has 4 N–H and O–H groups in total. The molecule has 0 radical (unpaired) electrons. The average Bonchev–Trinajstić information content (AvgIpc) is 3.32. The second-order valence-electron chi connectivity index (χ2n) is 8.23. The maximum Gasteiger partial charge on any atom is 0.266 e. The number of thiazole rings is 1. The summed E-state index contributed by atoms with van der Waals surface area (Å²) in [6.45, 7) is 9.11. The van der Waals surface area contributed by atoms with Gasteiger partial charge in [-0.05, 0) is 50.4 Å². The van der Waals surface area contributed by atoms with Crippen molar-refractivity contribution in [2.75, 3.05) is 36.2 Å². The van der Waals surface area contributed by atoms with Crippen LogP contribution in [0.25, 0.3) is 0 Å². The summed E-state index contributed by atoms with van der Waals surface area (Å²) in [6, 6.07) is 2.64. The molecule has 0 amide bonds. The molecule has 1 aliphatic rings. The van der Waals surface area contributed by atoms with E-state index in [0.29, 0.717) is 18.3 Å². The lowest BCUT2D eigenvalue weighted by Gasteiger charge is -2.26. The molecule has 0 saturated heterocycles. The lowest BCUT2D eigenvalue weighted by molar-refractivity contribution is 0.464. The Morgan fingerprint density at radius 1 is 1.34 bits per heavy atom. The summed E-state index contributed by atoms with van der Waals surface area (Å²) in [4.78, 5) is 3.34. The molecule has 1 unspecified atom stereocenters. The number of hydrogen-bond acceptors (Lipinski definition) is 7. The van der Waals surface area contributed by atoms with Gasteiger partial charge in [0, 0.05) is 37.3 Å². The predicted molar refractivity (Wildman–Crippen MR) is 143 cm³/mol. The molecule has 35 heavy (non-hydrogen) atoms. The molecule has 1 aliphatic heterocycles. The summed E-state index contributed by atoms with van der Waals surface area (Å²) in [5, 5.41) is 12.0. The van der Waals surface area contributed by atoms with E-state index in [-0.39, 0.29) is 10.2 Å². The molecule has 190 valence electrons. The summed E-state index contributed by atoms with van der Waals surface area (Å²) in [7, 11) is -4.12. The number of hydrogen-bond donors (Lipinski definition) is 4. The van der Waals surface area contributed by atoms with Gasteiger partial charge < -0.3 is 16.0 Å². The number of sulfonamides is 1. The predicted octanol–water partition coefficient (Wildman–Crippen LogP) is 4.94. The second kappa shape index (κ2) is 13.2. The Morgan fingerprint density at radius 3 is 2.86 bits per heavy atom. The third-order valence-electron chi connectivity index (χ3n) is 5.57. The summed E-state index contributed by atoms with van der Waals surface area (Å²) in [6.07, 6.45) is 10.1. The van der Waals surface area contributed by atoms with Gasteiger partial charge in [-0.15, -0.1) is 11.3 Å². The number of nitrogens with zero attached hydrogens (tertiary/aromatic N) is 1. The Bertz CT molecular complexity index is 1170. The zero-order valence-electron chi connectivity index (χ0n) is 19.6. The van der Waals surface area contributed by atoms with E-state index in [1.54, 1.807) is 11.5 Å². The third kappa shape index (κ3) is 8.15. The van der Waals surface area contributed by atoms with Crippen LogP contribution in [0.1, 0.15) is 26.2 Å². The Balaban J connectivity index is 1.39. The molecule has 0 saturated carbocycles. The Kier molecular flexibility index (Phi) is 10.3. The van der Waals surface area contributed by atoms with Crippen molar-refractivity contribution in [3.63, 3.8) is 0 Å². The van der Waals surface area contributed by atoms with E-state index in [4.69, 9.17) is 11.6 Å². The van der Waals surface area contributed by atoms with Crippen LogP contribution in [-0.4, -0.2) is 45.6 Å². The molecular formula is C24H31ClFN5O2S2. The SMILES string of the molecule is C=C/C=C\C1=C(C)CC(CNCCCCNc2cc(F)c(S(=O)(=O)Nc3nccs3)cc2Cl)NC1. The number of halogens is 2. The first-order valence-electron chi connectivity index (χ1n) is 11.4. The van der Waals surface area contributed by atoms with E-state index in [9.17, 15) is 12.8 Å². The van der Waals surface area contributed by atoms with Crippen molar-refractivity contribution in [3.8, 4) is 0 Å². The van der Waals surface area contributed by atoms with Gasteiger partial charge in [-0.3, -0.25) is 4.72 Å². The number of nitrogens with one attached hydrogen (secondary N) is 4. The highest BCUT2D eigenvalue weighted by atomic mass is 35.5. The van der Waals surface area contributed by atoms with Crippen molar-refractivity contribution in [3.05, 3.63) is 70.5 Å². The second-order valence-corrected chi connectivity index (χ2v) is 11.2. The van der Waals surface area contributed by atoms with Crippen LogP contribution < -0.4 is 20.7 Å². The van der Waals surface area contributed by atoms with Crippen molar-refractivity contribution >= 4 is 43.8 Å². The maximum atomic E-state index is 14.6. The fraction of sp³-hybridized carbons (Fsp3) is 0.375. The Hall–Kier alpha value is -2.24. The molecule has 0 bridgehead atoms. The van der Waals surface area contributed by atoms with Gasteiger partial charge in [0.2, 0.25) is 0 Å². The van der Waals surface area contributed by atoms with Gasteiger partial charge in [-0.2, -0.15) is 0 Å². The van der Waals surface area contributed by atoms with Gasteiger partial charge in [0.25, 0.3) is 10.0 Å².